The molecule has 5 heteroatoms. The lowest BCUT2D eigenvalue weighted by molar-refractivity contribution is 0.457. The second-order valence-electron chi connectivity index (χ2n) is 4.92. The maximum Gasteiger partial charge on any atom is 0.196 e. The van der Waals surface area contributed by atoms with Crippen molar-refractivity contribution in [3.05, 3.63) is 52.4 Å². The average molecular weight is 277 g/mol. The quantitative estimate of drug-likeness (QED) is 0.637. The van der Waals surface area contributed by atoms with E-state index in [4.69, 9.17) is 0 Å². The van der Waals surface area contributed by atoms with Gasteiger partial charge in [0.15, 0.2) is 5.88 Å². The lowest BCUT2D eigenvalue weighted by atomic mass is 10.1. The number of azo groups is 1. The van der Waals surface area contributed by atoms with Crippen LogP contribution in [0.2, 0.25) is 0 Å². The molecule has 2 heterocycles. The number of nitrogens with zero attached hydrogens (tertiary/aromatic N) is 2. The molecule has 0 atom stereocenters. The number of hydrogen-bond donors (Lipinski definition) is 3. The van der Waals surface area contributed by atoms with Gasteiger partial charge in [-0.3, -0.25) is 0 Å². The fourth-order valence-corrected chi connectivity index (χ4v) is 2.50. The molecule has 3 aromatic rings. The summed E-state index contributed by atoms with van der Waals surface area (Å²) in [6.45, 7) is 0. The number of aromatic nitrogens is 1. The Balaban J connectivity index is 1.97. The van der Waals surface area contributed by atoms with E-state index in [1.54, 1.807) is 24.4 Å². The number of rotatable bonds is 1. The Morgan fingerprint density at radius 3 is 2.86 bits per heavy atom. The summed E-state index contributed by atoms with van der Waals surface area (Å²) in [6, 6.07) is 10.7. The first-order valence-corrected chi connectivity index (χ1v) is 6.47. The molecule has 0 unspecified atom stereocenters. The highest BCUT2D eigenvalue weighted by molar-refractivity contribution is 5.92. The maximum absolute atomic E-state index is 10.1. The number of aromatic amines is 1. The van der Waals surface area contributed by atoms with Crippen molar-refractivity contribution in [1.29, 1.82) is 0 Å². The summed E-state index contributed by atoms with van der Waals surface area (Å²) in [4.78, 5) is 2.89. The molecule has 1 aliphatic rings. The van der Waals surface area contributed by atoms with Crippen LogP contribution in [0.25, 0.3) is 23.2 Å². The Morgan fingerprint density at radius 2 is 1.95 bits per heavy atom. The number of nitrogens with one attached hydrogen (secondary N) is 1. The summed E-state index contributed by atoms with van der Waals surface area (Å²) in [5, 5.41) is 30.2. The Labute approximate surface area is 119 Å². The van der Waals surface area contributed by atoms with Crippen molar-refractivity contribution in [2.24, 2.45) is 10.2 Å². The predicted octanol–water partition coefficient (Wildman–Crippen LogP) is 2.24. The van der Waals surface area contributed by atoms with Crippen molar-refractivity contribution in [2.45, 2.75) is 0 Å². The van der Waals surface area contributed by atoms with Gasteiger partial charge in [-0.15, -0.1) is 0 Å². The summed E-state index contributed by atoms with van der Waals surface area (Å²) in [5.41, 5.74) is 2.22. The third kappa shape index (κ3) is 1.87. The first kappa shape index (κ1) is 11.7. The van der Waals surface area contributed by atoms with E-state index in [2.05, 4.69) is 15.2 Å². The average Bonchev–Trinajstić information content (AvgIpc) is 3.04. The molecule has 0 saturated carbocycles. The first-order valence-electron chi connectivity index (χ1n) is 6.47. The monoisotopic (exact) mass is 277 g/mol. The molecule has 21 heavy (non-hydrogen) atoms. The van der Waals surface area contributed by atoms with E-state index in [0.717, 1.165) is 27.0 Å². The van der Waals surface area contributed by atoms with Crippen LogP contribution in [0.1, 0.15) is 5.56 Å². The van der Waals surface area contributed by atoms with Gasteiger partial charge < -0.3 is 15.2 Å². The molecule has 102 valence electrons. The molecule has 0 fully saturated rings. The van der Waals surface area contributed by atoms with Crippen LogP contribution in [0.3, 0.4) is 0 Å². The summed E-state index contributed by atoms with van der Waals surface area (Å²) in [7, 11) is 0. The van der Waals surface area contributed by atoms with Gasteiger partial charge >= 0.3 is 0 Å². The molecule has 2 aromatic carbocycles. The minimum Gasteiger partial charge on any atom is -0.508 e. The van der Waals surface area contributed by atoms with Gasteiger partial charge in [0.2, 0.25) is 0 Å². The Kier molecular flexibility index (Phi) is 2.35. The number of H-pyrrole nitrogens is 1. The fourth-order valence-electron chi connectivity index (χ4n) is 2.50. The summed E-state index contributed by atoms with van der Waals surface area (Å²) in [6.07, 6.45) is 3.56. The lowest BCUT2D eigenvalue weighted by Gasteiger charge is -1.95. The highest BCUT2D eigenvalue weighted by Gasteiger charge is 2.09. The Morgan fingerprint density at radius 1 is 1.05 bits per heavy atom. The van der Waals surface area contributed by atoms with Gasteiger partial charge in [0.25, 0.3) is 0 Å². The molecule has 0 bridgehead atoms. The summed E-state index contributed by atoms with van der Waals surface area (Å²) in [5.74, 6) is 0.234. The zero-order valence-corrected chi connectivity index (χ0v) is 10.9. The van der Waals surface area contributed by atoms with E-state index in [1.807, 2.05) is 24.3 Å². The zero-order valence-electron chi connectivity index (χ0n) is 10.9. The van der Waals surface area contributed by atoms with Gasteiger partial charge in [0.1, 0.15) is 5.75 Å². The minimum absolute atomic E-state index is 0.0734. The van der Waals surface area contributed by atoms with Gasteiger partial charge in [-0.2, -0.15) is 10.2 Å². The van der Waals surface area contributed by atoms with Gasteiger partial charge in [0, 0.05) is 21.7 Å². The maximum atomic E-state index is 10.1. The predicted molar refractivity (Wildman–Crippen MR) is 79.9 cm³/mol. The lowest BCUT2D eigenvalue weighted by Crippen LogP contribution is -2.06. The smallest absolute Gasteiger partial charge is 0.196 e. The second-order valence-corrected chi connectivity index (χ2v) is 4.92. The number of benzene rings is 2. The van der Waals surface area contributed by atoms with E-state index in [9.17, 15) is 10.2 Å². The van der Waals surface area contributed by atoms with Crippen LogP contribution in [0, 0.1) is 0 Å². The molecular weight excluding hydrogens is 266 g/mol. The number of aromatic hydroxyl groups is 2. The summed E-state index contributed by atoms with van der Waals surface area (Å²) < 4.78 is 0. The van der Waals surface area contributed by atoms with E-state index in [0.29, 0.717) is 5.56 Å². The largest absolute Gasteiger partial charge is 0.508 e. The second kappa shape index (κ2) is 4.21. The molecule has 1 aromatic heterocycles. The van der Waals surface area contributed by atoms with Gasteiger partial charge in [0.05, 0.1) is 11.9 Å². The van der Waals surface area contributed by atoms with Crippen molar-refractivity contribution in [3.8, 4) is 11.6 Å². The minimum atomic E-state index is 0.0734. The van der Waals surface area contributed by atoms with Crippen LogP contribution >= 0.6 is 0 Å². The molecule has 0 spiro atoms. The SMILES string of the molecule is Oc1ccc2[nH]c(O)c(C=c3ccc4c(c3)N=NC=4)c2c1. The standard InChI is InChI=1S/C16H11N3O2/c20-11-3-4-14-12(7-11)13(16(21)18-14)5-9-1-2-10-8-17-19-15(10)6-9/h1-8,18,20-21H. The van der Waals surface area contributed by atoms with Crippen molar-refractivity contribution < 1.29 is 10.2 Å². The van der Waals surface area contributed by atoms with E-state index < -0.39 is 0 Å². The van der Waals surface area contributed by atoms with Crippen molar-refractivity contribution >= 4 is 28.9 Å². The highest BCUT2D eigenvalue weighted by Crippen LogP contribution is 2.30. The number of hydrogen-bond acceptors (Lipinski definition) is 4. The molecule has 5 nitrogen and oxygen atoms in total. The molecule has 0 amide bonds. The highest BCUT2D eigenvalue weighted by atomic mass is 16.3. The van der Waals surface area contributed by atoms with Crippen molar-refractivity contribution in [1.82, 2.24) is 4.98 Å². The molecule has 0 saturated heterocycles. The topological polar surface area (TPSA) is 81.0 Å². The van der Waals surface area contributed by atoms with Crippen LogP contribution < -0.4 is 10.4 Å². The van der Waals surface area contributed by atoms with Crippen LogP contribution in [-0.2, 0) is 0 Å². The molecular formula is C16H11N3O2. The van der Waals surface area contributed by atoms with E-state index in [1.165, 1.54) is 0 Å². The van der Waals surface area contributed by atoms with Gasteiger partial charge in [-0.1, -0.05) is 12.1 Å². The molecule has 0 radical (unpaired) electrons. The summed E-state index contributed by atoms with van der Waals surface area (Å²) >= 11 is 0. The normalized spacial score (nSPS) is 13.6. The van der Waals surface area contributed by atoms with Crippen LogP contribution in [0.4, 0.5) is 5.69 Å². The van der Waals surface area contributed by atoms with Crippen LogP contribution in [0.5, 0.6) is 11.6 Å². The fraction of sp³-hybridized carbons (Fsp3) is 0. The number of phenols is 1. The van der Waals surface area contributed by atoms with Crippen LogP contribution in [-0.4, -0.2) is 15.2 Å². The molecule has 1 aliphatic heterocycles. The van der Waals surface area contributed by atoms with Gasteiger partial charge in [-0.05, 0) is 35.6 Å². The number of fused-ring (bicyclic) bond motifs is 2. The van der Waals surface area contributed by atoms with Crippen molar-refractivity contribution in [3.63, 3.8) is 0 Å². The van der Waals surface area contributed by atoms with Gasteiger partial charge in [-0.25, -0.2) is 0 Å². The molecule has 0 aliphatic carbocycles. The van der Waals surface area contributed by atoms with E-state index in [-0.39, 0.29) is 11.6 Å². The van der Waals surface area contributed by atoms with Crippen molar-refractivity contribution in [2.75, 3.05) is 0 Å². The third-order valence-corrected chi connectivity index (χ3v) is 3.53. The number of phenolic OH excluding ortho intramolecular Hbond substituents is 1. The Bertz CT molecular complexity index is 1020. The third-order valence-electron chi connectivity index (χ3n) is 3.53. The first-order chi connectivity index (χ1) is 10.2. The van der Waals surface area contributed by atoms with E-state index >= 15 is 0 Å². The Hall–Kier alpha value is -3.08. The molecule has 3 N–H and O–H groups in total. The van der Waals surface area contributed by atoms with Crippen LogP contribution in [0.15, 0.2) is 46.6 Å². The zero-order chi connectivity index (χ0) is 14.4. The molecule has 4 rings (SSSR count).